The van der Waals surface area contributed by atoms with Gasteiger partial charge in [0.25, 0.3) is 0 Å². The van der Waals surface area contributed by atoms with Gasteiger partial charge in [-0.05, 0) is 46.8 Å². The minimum absolute atomic E-state index is 0.0340. The van der Waals surface area contributed by atoms with Crippen molar-refractivity contribution >= 4 is 14.4 Å². The fourth-order valence-corrected chi connectivity index (χ4v) is 4.98. The molecule has 0 aromatic heterocycles. The second kappa shape index (κ2) is 27.9. The highest BCUT2D eigenvalue weighted by Gasteiger charge is 2.16. The molecule has 7 heteroatoms. The number of carbonyl (C=O) groups is 1. The van der Waals surface area contributed by atoms with Crippen molar-refractivity contribution in [1.82, 2.24) is 4.90 Å². The lowest BCUT2D eigenvalue weighted by atomic mass is 10.0. The number of carbonyl (C=O) groups excluding carboxylic acids is 1. The molecule has 0 saturated carbocycles. The van der Waals surface area contributed by atoms with Crippen LogP contribution in [0.4, 0.5) is 0 Å². The van der Waals surface area contributed by atoms with Gasteiger partial charge in [0, 0.05) is 18.9 Å². The molecule has 0 radical (unpaired) electrons. The molecule has 2 atom stereocenters. The van der Waals surface area contributed by atoms with Crippen LogP contribution in [0.25, 0.3) is 0 Å². The molecule has 0 bridgehead atoms. The largest absolute Gasteiger partial charge is 0.381 e. The number of ether oxygens (including phenoxy) is 1. The Kier molecular flexibility index (Phi) is 27.8. The van der Waals surface area contributed by atoms with E-state index in [1.54, 1.807) is 6.92 Å². The average molecular weight is 534 g/mol. The number of rotatable bonds is 29. The van der Waals surface area contributed by atoms with Crippen LogP contribution in [-0.4, -0.2) is 62.6 Å². The van der Waals surface area contributed by atoms with Crippen LogP contribution in [0.5, 0.6) is 0 Å². The van der Waals surface area contributed by atoms with E-state index in [2.05, 4.69) is 11.8 Å². The molecule has 0 fully saturated rings. The molecule has 0 aliphatic rings. The van der Waals surface area contributed by atoms with Crippen LogP contribution >= 0.6 is 8.60 Å². The quantitative estimate of drug-likeness (QED) is 0.0774. The van der Waals surface area contributed by atoms with E-state index in [0.29, 0.717) is 26.2 Å². The van der Waals surface area contributed by atoms with Gasteiger partial charge >= 0.3 is 8.60 Å². The number of hydrogen-bond donors (Lipinski definition) is 1. The molecule has 0 aromatic carbocycles. The summed E-state index contributed by atoms with van der Waals surface area (Å²) in [7, 11) is 2.19. The molecule has 0 aliphatic carbocycles. The van der Waals surface area contributed by atoms with Crippen LogP contribution in [-0.2, 0) is 18.6 Å². The van der Waals surface area contributed by atoms with Crippen molar-refractivity contribution in [2.24, 2.45) is 5.92 Å². The zero-order chi connectivity index (χ0) is 26.7. The van der Waals surface area contributed by atoms with E-state index < -0.39 is 8.60 Å². The van der Waals surface area contributed by atoms with Crippen molar-refractivity contribution in [3.8, 4) is 0 Å². The van der Waals surface area contributed by atoms with Gasteiger partial charge in [-0.15, -0.1) is 0 Å². The van der Waals surface area contributed by atoms with E-state index >= 15 is 0 Å². The maximum absolute atomic E-state index is 11.6. The standard InChI is InChI=1S/C29H60NO5P/c1-5-6-7-8-9-10-11-12-13-14-15-16-17-18-20-23-33-26-29(25-28(2)31)27-35-36(32)34-24-21-19-22-30(3)4/h29,32H,5-27H2,1-4H3. The zero-order valence-electron chi connectivity index (χ0n) is 24.3. The van der Waals surface area contributed by atoms with Crippen LogP contribution < -0.4 is 0 Å². The summed E-state index contributed by atoms with van der Waals surface area (Å²) in [6.45, 7) is 6.87. The van der Waals surface area contributed by atoms with E-state index in [-0.39, 0.29) is 11.7 Å². The van der Waals surface area contributed by atoms with Crippen molar-refractivity contribution in [2.45, 2.75) is 129 Å². The zero-order valence-corrected chi connectivity index (χ0v) is 25.2. The SMILES string of the molecule is CCCCCCCCCCCCCCCCCOCC(COP(O)OCCCCN(C)C)CC(C)=O. The number of nitrogens with zero attached hydrogens (tertiary/aromatic N) is 1. The van der Waals surface area contributed by atoms with E-state index in [4.69, 9.17) is 13.8 Å². The molecule has 0 aliphatic heterocycles. The van der Waals surface area contributed by atoms with Crippen molar-refractivity contribution in [3.63, 3.8) is 0 Å². The van der Waals surface area contributed by atoms with Crippen LogP contribution in [0.15, 0.2) is 0 Å². The Hall–Kier alpha value is -0.100. The molecule has 2 unspecified atom stereocenters. The lowest BCUT2D eigenvalue weighted by molar-refractivity contribution is -0.118. The highest BCUT2D eigenvalue weighted by atomic mass is 31.2. The predicted molar refractivity (Wildman–Crippen MR) is 153 cm³/mol. The van der Waals surface area contributed by atoms with Crippen molar-refractivity contribution in [1.29, 1.82) is 0 Å². The lowest BCUT2D eigenvalue weighted by Gasteiger charge is -2.18. The number of Topliss-reactive ketones (excluding diaryl/α,β-unsaturated/α-hetero) is 1. The minimum Gasteiger partial charge on any atom is -0.381 e. The van der Waals surface area contributed by atoms with E-state index in [9.17, 15) is 9.69 Å². The monoisotopic (exact) mass is 533 g/mol. The summed E-state index contributed by atoms with van der Waals surface area (Å²) in [4.78, 5) is 23.7. The summed E-state index contributed by atoms with van der Waals surface area (Å²) in [5, 5.41) is 0. The number of hydrogen-bond acceptors (Lipinski definition) is 6. The summed E-state index contributed by atoms with van der Waals surface area (Å²) in [6, 6.07) is 0. The van der Waals surface area contributed by atoms with Crippen LogP contribution in [0, 0.1) is 5.92 Å². The number of ketones is 1. The second-order valence-corrected chi connectivity index (χ2v) is 11.7. The molecule has 0 heterocycles. The van der Waals surface area contributed by atoms with Crippen LogP contribution in [0.3, 0.4) is 0 Å². The van der Waals surface area contributed by atoms with Gasteiger partial charge in [-0.25, -0.2) is 0 Å². The fourth-order valence-electron chi connectivity index (χ4n) is 4.28. The smallest absolute Gasteiger partial charge is 0.329 e. The molecular formula is C29H60NO5P. The predicted octanol–water partition coefficient (Wildman–Crippen LogP) is 8.06. The Morgan fingerprint density at radius 2 is 1.22 bits per heavy atom. The summed E-state index contributed by atoms with van der Waals surface area (Å²) in [6.07, 6.45) is 22.6. The topological polar surface area (TPSA) is 68.2 Å². The third kappa shape index (κ3) is 28.5. The highest BCUT2D eigenvalue weighted by Crippen LogP contribution is 2.34. The molecule has 1 N–H and O–H groups in total. The lowest BCUT2D eigenvalue weighted by Crippen LogP contribution is -2.19. The Bertz CT molecular complexity index is 467. The maximum Gasteiger partial charge on any atom is 0.329 e. The van der Waals surface area contributed by atoms with Gasteiger partial charge in [0.15, 0.2) is 0 Å². The molecule has 0 rings (SSSR count). The normalized spacial score (nSPS) is 13.4. The van der Waals surface area contributed by atoms with Gasteiger partial charge in [0.1, 0.15) is 5.78 Å². The first-order valence-corrected chi connectivity index (χ1v) is 16.1. The highest BCUT2D eigenvalue weighted by molar-refractivity contribution is 7.40. The Balaban J connectivity index is 3.59. The molecule has 0 aromatic rings. The molecular weight excluding hydrogens is 473 g/mol. The Morgan fingerprint density at radius 1 is 0.722 bits per heavy atom. The van der Waals surface area contributed by atoms with Gasteiger partial charge in [0.05, 0.1) is 19.8 Å². The molecule has 0 saturated heterocycles. The summed E-state index contributed by atoms with van der Waals surface area (Å²) >= 11 is 0. The van der Waals surface area contributed by atoms with Crippen molar-refractivity contribution in [3.05, 3.63) is 0 Å². The maximum atomic E-state index is 11.6. The summed E-state index contributed by atoms with van der Waals surface area (Å²) in [5.74, 6) is 0.0828. The fraction of sp³-hybridized carbons (Fsp3) is 0.966. The van der Waals surface area contributed by atoms with E-state index in [1.165, 1.54) is 89.9 Å². The molecule has 6 nitrogen and oxygen atoms in total. The van der Waals surface area contributed by atoms with Crippen molar-refractivity contribution < 1.29 is 23.5 Å². The van der Waals surface area contributed by atoms with Gasteiger partial charge in [-0.2, -0.15) is 0 Å². The average Bonchev–Trinajstić information content (AvgIpc) is 2.83. The molecule has 216 valence electrons. The van der Waals surface area contributed by atoms with Crippen LogP contribution in [0.1, 0.15) is 129 Å². The van der Waals surface area contributed by atoms with E-state index in [1.807, 2.05) is 14.1 Å². The van der Waals surface area contributed by atoms with Crippen molar-refractivity contribution in [2.75, 3.05) is 47.1 Å². The minimum atomic E-state index is -1.89. The first-order chi connectivity index (χ1) is 17.5. The Morgan fingerprint density at radius 3 is 1.72 bits per heavy atom. The van der Waals surface area contributed by atoms with Gasteiger partial charge in [0.2, 0.25) is 0 Å². The van der Waals surface area contributed by atoms with Crippen LogP contribution in [0.2, 0.25) is 0 Å². The summed E-state index contributed by atoms with van der Waals surface area (Å²) < 4.78 is 16.7. The first kappa shape index (κ1) is 35.9. The van der Waals surface area contributed by atoms with Gasteiger partial charge in [-0.1, -0.05) is 96.8 Å². The first-order valence-electron chi connectivity index (χ1n) is 14.9. The third-order valence-corrected chi connectivity index (χ3v) is 7.22. The molecule has 36 heavy (non-hydrogen) atoms. The summed E-state index contributed by atoms with van der Waals surface area (Å²) in [5.41, 5.74) is 0. The van der Waals surface area contributed by atoms with E-state index in [0.717, 1.165) is 32.4 Å². The molecule has 0 spiro atoms. The van der Waals surface area contributed by atoms with Gasteiger partial charge < -0.3 is 28.4 Å². The second-order valence-electron chi connectivity index (χ2n) is 10.7. The Labute approximate surface area is 225 Å². The number of unbranched alkanes of at least 4 members (excludes halogenated alkanes) is 15. The third-order valence-electron chi connectivity index (χ3n) is 6.44. The van der Waals surface area contributed by atoms with Gasteiger partial charge in [-0.3, -0.25) is 0 Å². The molecule has 0 amide bonds.